The van der Waals surface area contributed by atoms with Crippen LogP contribution in [-0.4, -0.2) is 36.5 Å². The number of amides is 1. The molecule has 0 aliphatic heterocycles. The zero-order valence-corrected chi connectivity index (χ0v) is 18.6. The lowest BCUT2D eigenvalue weighted by molar-refractivity contribution is -0.113. The number of hydrogen-bond acceptors (Lipinski definition) is 7. The summed E-state index contributed by atoms with van der Waals surface area (Å²) in [5, 5.41) is 17.8. The van der Waals surface area contributed by atoms with Crippen molar-refractivity contribution in [1.29, 1.82) is 0 Å². The molecule has 0 atom stereocenters. The molecule has 0 saturated heterocycles. The summed E-state index contributed by atoms with van der Waals surface area (Å²) in [6.45, 7) is 2.03. The number of hydrogen-bond donors (Lipinski definition) is 1. The van der Waals surface area contributed by atoms with Crippen LogP contribution in [0.5, 0.6) is 0 Å². The third kappa shape index (κ3) is 4.25. The first-order valence-corrected chi connectivity index (χ1v) is 11.5. The van der Waals surface area contributed by atoms with Crippen molar-refractivity contribution < 1.29 is 4.79 Å². The summed E-state index contributed by atoms with van der Waals surface area (Å²) in [7, 11) is 0. The first-order valence-electron chi connectivity index (χ1n) is 9.33. The van der Waals surface area contributed by atoms with E-state index < -0.39 is 0 Å². The molecule has 0 spiro atoms. The van der Waals surface area contributed by atoms with Crippen molar-refractivity contribution in [3.63, 3.8) is 0 Å². The molecule has 0 radical (unpaired) electrons. The van der Waals surface area contributed by atoms with Gasteiger partial charge in [0, 0.05) is 10.6 Å². The van der Waals surface area contributed by atoms with Gasteiger partial charge < -0.3 is 5.32 Å². The molecule has 0 saturated carbocycles. The van der Waals surface area contributed by atoms with E-state index >= 15 is 0 Å². The molecule has 5 aromatic rings. The molecule has 1 N–H and O–H groups in total. The highest BCUT2D eigenvalue weighted by Crippen LogP contribution is 2.27. The van der Waals surface area contributed by atoms with Gasteiger partial charge in [-0.25, -0.2) is 4.98 Å². The first kappa shape index (κ1) is 19.9. The molecule has 154 valence electrons. The van der Waals surface area contributed by atoms with Gasteiger partial charge in [0.05, 0.1) is 16.0 Å². The van der Waals surface area contributed by atoms with Gasteiger partial charge in [-0.15, -0.1) is 10.2 Å². The molecule has 3 heterocycles. The van der Waals surface area contributed by atoms with Crippen molar-refractivity contribution in [3.05, 3.63) is 65.2 Å². The van der Waals surface area contributed by atoms with Crippen molar-refractivity contribution in [1.82, 2.24) is 24.8 Å². The monoisotopic (exact) mass is 466 g/mol. The van der Waals surface area contributed by atoms with E-state index in [1.807, 2.05) is 43.3 Å². The van der Waals surface area contributed by atoms with E-state index in [4.69, 9.17) is 11.6 Å². The molecule has 31 heavy (non-hydrogen) atoms. The Kier molecular flexibility index (Phi) is 5.31. The van der Waals surface area contributed by atoms with E-state index in [1.165, 1.54) is 23.1 Å². The Labute approximate surface area is 190 Å². The second-order valence-corrected chi connectivity index (χ2v) is 9.26. The number of halogens is 1. The predicted octanol–water partition coefficient (Wildman–Crippen LogP) is 5.09. The fourth-order valence-electron chi connectivity index (χ4n) is 3.01. The van der Waals surface area contributed by atoms with Crippen LogP contribution in [0.1, 0.15) is 5.56 Å². The van der Waals surface area contributed by atoms with E-state index in [-0.39, 0.29) is 11.7 Å². The van der Waals surface area contributed by atoms with Gasteiger partial charge in [-0.3, -0.25) is 4.79 Å². The van der Waals surface area contributed by atoms with E-state index in [0.717, 1.165) is 21.3 Å². The number of nitrogens with one attached hydrogen (secondary N) is 1. The minimum atomic E-state index is -0.135. The SMILES string of the molecule is Cc1ccc2nc(NC(=O)CSc3ccc4nnc(-c5ccc(Cl)cc5)n4n3)sc2c1. The van der Waals surface area contributed by atoms with E-state index in [1.54, 1.807) is 16.6 Å². The van der Waals surface area contributed by atoms with Crippen LogP contribution in [0.25, 0.3) is 27.3 Å². The third-order valence-corrected chi connectivity index (χ3v) is 6.59. The lowest BCUT2D eigenvalue weighted by Crippen LogP contribution is -2.14. The van der Waals surface area contributed by atoms with Gasteiger partial charge in [0.25, 0.3) is 0 Å². The van der Waals surface area contributed by atoms with Gasteiger partial charge in [0.2, 0.25) is 5.91 Å². The molecule has 1 amide bonds. The van der Waals surface area contributed by atoms with Crippen LogP contribution in [0.15, 0.2) is 59.6 Å². The number of carbonyl (C=O) groups is 1. The minimum Gasteiger partial charge on any atom is -0.301 e. The Morgan fingerprint density at radius 1 is 1.13 bits per heavy atom. The Hall–Kier alpha value is -3.01. The normalized spacial score (nSPS) is 11.3. The maximum atomic E-state index is 12.4. The number of thiazole rings is 1. The fourth-order valence-corrected chi connectivity index (χ4v) is 4.77. The molecule has 7 nitrogen and oxygen atoms in total. The number of aromatic nitrogens is 5. The first-order chi connectivity index (χ1) is 15.0. The molecule has 5 rings (SSSR count). The molecule has 0 fully saturated rings. The van der Waals surface area contributed by atoms with Crippen molar-refractivity contribution >= 4 is 61.6 Å². The zero-order chi connectivity index (χ0) is 21.4. The van der Waals surface area contributed by atoms with Crippen molar-refractivity contribution in [2.75, 3.05) is 11.1 Å². The summed E-state index contributed by atoms with van der Waals surface area (Å²) in [4.78, 5) is 16.9. The highest BCUT2D eigenvalue weighted by Gasteiger charge is 2.12. The molecule has 10 heteroatoms. The second-order valence-electron chi connectivity index (χ2n) is 6.80. The van der Waals surface area contributed by atoms with E-state index in [2.05, 4.69) is 31.7 Å². The predicted molar refractivity (Wildman–Crippen MR) is 125 cm³/mol. The van der Waals surface area contributed by atoms with Crippen molar-refractivity contribution in [3.8, 4) is 11.4 Å². The largest absolute Gasteiger partial charge is 0.301 e. The molecular formula is C21H15ClN6OS2. The maximum absolute atomic E-state index is 12.4. The van der Waals surface area contributed by atoms with Crippen molar-refractivity contribution in [2.24, 2.45) is 0 Å². The van der Waals surface area contributed by atoms with Crippen molar-refractivity contribution in [2.45, 2.75) is 11.9 Å². The van der Waals surface area contributed by atoms with Gasteiger partial charge in [-0.2, -0.15) is 9.61 Å². The summed E-state index contributed by atoms with van der Waals surface area (Å²) in [6.07, 6.45) is 0. The Morgan fingerprint density at radius 3 is 2.81 bits per heavy atom. The van der Waals surface area contributed by atoms with Crippen LogP contribution in [0.4, 0.5) is 5.13 Å². The number of thioether (sulfide) groups is 1. The third-order valence-electron chi connectivity index (χ3n) is 4.48. The van der Waals surface area contributed by atoms with Crippen LogP contribution < -0.4 is 5.32 Å². The number of carbonyl (C=O) groups excluding carboxylic acids is 1. The molecule has 0 unspecified atom stereocenters. The van der Waals surface area contributed by atoms with E-state index in [9.17, 15) is 4.79 Å². The van der Waals surface area contributed by atoms with Crippen LogP contribution in [0.3, 0.4) is 0 Å². The topological polar surface area (TPSA) is 85.1 Å². The summed E-state index contributed by atoms with van der Waals surface area (Å²) in [5.41, 5.74) is 3.53. The quantitative estimate of drug-likeness (QED) is 0.363. The smallest absolute Gasteiger partial charge is 0.236 e. The van der Waals surface area contributed by atoms with Gasteiger partial charge >= 0.3 is 0 Å². The van der Waals surface area contributed by atoms with Gasteiger partial charge in [0.1, 0.15) is 5.03 Å². The average molecular weight is 467 g/mol. The Bertz CT molecular complexity index is 1410. The summed E-state index contributed by atoms with van der Waals surface area (Å²) >= 11 is 8.78. The van der Waals surface area contributed by atoms with Gasteiger partial charge in [-0.05, 0) is 61.0 Å². The number of anilines is 1. The standard InChI is InChI=1S/C21H15ClN6OS2/c1-12-2-7-15-16(10-12)31-21(23-15)24-18(29)11-30-19-9-8-17-25-26-20(28(17)27-19)13-3-5-14(22)6-4-13/h2-10H,11H2,1H3,(H,23,24,29). The molecule has 3 aromatic heterocycles. The molecule has 0 aliphatic carbocycles. The highest BCUT2D eigenvalue weighted by atomic mass is 35.5. The number of aryl methyl sites for hydroxylation is 1. The zero-order valence-electron chi connectivity index (χ0n) is 16.2. The molecular weight excluding hydrogens is 452 g/mol. The lowest BCUT2D eigenvalue weighted by Gasteiger charge is -2.03. The van der Waals surface area contributed by atoms with E-state index in [0.29, 0.717) is 26.7 Å². The minimum absolute atomic E-state index is 0.135. The summed E-state index contributed by atoms with van der Waals surface area (Å²) in [5.74, 6) is 0.693. The lowest BCUT2D eigenvalue weighted by atomic mass is 10.2. The highest BCUT2D eigenvalue weighted by molar-refractivity contribution is 7.99. The van der Waals surface area contributed by atoms with Gasteiger partial charge in [-0.1, -0.05) is 40.8 Å². The second kappa shape index (κ2) is 8.26. The molecule has 0 aliphatic rings. The number of rotatable bonds is 5. The fraction of sp³-hybridized carbons (Fsp3) is 0.0952. The Balaban J connectivity index is 1.30. The average Bonchev–Trinajstić information content (AvgIpc) is 3.35. The Morgan fingerprint density at radius 2 is 1.97 bits per heavy atom. The number of benzene rings is 2. The maximum Gasteiger partial charge on any atom is 0.236 e. The van der Waals surface area contributed by atoms with Crippen LogP contribution in [0, 0.1) is 6.92 Å². The van der Waals surface area contributed by atoms with Gasteiger partial charge in [0.15, 0.2) is 16.6 Å². The summed E-state index contributed by atoms with van der Waals surface area (Å²) in [6, 6.07) is 17.0. The number of fused-ring (bicyclic) bond motifs is 2. The molecule has 2 aromatic carbocycles. The van der Waals surface area contributed by atoms with Crippen LogP contribution in [-0.2, 0) is 4.79 Å². The summed E-state index contributed by atoms with van der Waals surface area (Å²) < 4.78 is 2.72. The number of nitrogens with zero attached hydrogens (tertiary/aromatic N) is 5. The van der Waals surface area contributed by atoms with Crippen LogP contribution >= 0.6 is 34.7 Å². The molecule has 0 bridgehead atoms. The van der Waals surface area contributed by atoms with Crippen LogP contribution in [0.2, 0.25) is 5.02 Å².